The van der Waals surface area contributed by atoms with E-state index in [4.69, 9.17) is 37.9 Å². The highest BCUT2D eigenvalue weighted by atomic mass is 16.7. The quantitative estimate of drug-likeness (QED) is 0.0695. The fraction of sp³-hybridized carbons (Fsp3) is 0.571. The Balaban J connectivity index is 0. The Labute approximate surface area is 236 Å². The zero-order chi connectivity index (χ0) is 31.1. The molecule has 1 unspecified atom stereocenters. The molecule has 12 heteroatoms. The summed E-state index contributed by atoms with van der Waals surface area (Å²) < 4.78 is 40.6. The van der Waals surface area contributed by atoms with Crippen LogP contribution in [0.15, 0.2) is 49.1 Å². The lowest BCUT2D eigenvalue weighted by molar-refractivity contribution is -0.222. The molecule has 1 atom stereocenters. The van der Waals surface area contributed by atoms with Gasteiger partial charge >= 0.3 is 23.9 Å². The molecule has 0 aromatic heterocycles. The summed E-state index contributed by atoms with van der Waals surface area (Å²) in [7, 11) is 0. The van der Waals surface area contributed by atoms with E-state index < -0.39 is 36.0 Å². The topological polar surface area (TPSA) is 142 Å². The molecule has 0 aromatic rings. The first-order valence-corrected chi connectivity index (χ1v) is 12.4. The average Bonchev–Trinajstić information content (AvgIpc) is 2.89. The standard InChI is InChI=1S/C15H24O6.C13H20O6/c1-11(2)13(16)18-7-9-20-15(5,6)21-10-8-19-14(17)12(3)4;1-5-12(14)18-8-6-16-11(4)17-7-9-19-13(15)10(2)3/h1,3,7-10H2,2,4-6H3;5,11H,1-2,6-9H2,3-4H3. The van der Waals surface area contributed by atoms with E-state index in [1.165, 1.54) is 0 Å². The van der Waals surface area contributed by atoms with Crippen molar-refractivity contribution in [3.63, 3.8) is 0 Å². The first-order valence-electron chi connectivity index (χ1n) is 12.4. The summed E-state index contributed by atoms with van der Waals surface area (Å²) in [5.41, 5.74) is 1.02. The molecule has 0 aliphatic carbocycles. The number of carbonyl (C=O) groups excluding carboxylic acids is 4. The Morgan fingerprint density at radius 1 is 0.625 bits per heavy atom. The minimum absolute atomic E-state index is 0.114. The van der Waals surface area contributed by atoms with Crippen LogP contribution in [0.1, 0.15) is 41.5 Å². The summed E-state index contributed by atoms with van der Waals surface area (Å²) in [4.78, 5) is 44.0. The van der Waals surface area contributed by atoms with Gasteiger partial charge in [0.2, 0.25) is 0 Å². The Kier molecular flexibility index (Phi) is 21.8. The summed E-state index contributed by atoms with van der Waals surface area (Å²) in [6.45, 7) is 24.8. The molecule has 0 aromatic carbocycles. The van der Waals surface area contributed by atoms with Crippen LogP contribution in [0.25, 0.3) is 0 Å². The van der Waals surface area contributed by atoms with Gasteiger partial charge in [0.15, 0.2) is 12.1 Å². The number of hydrogen-bond acceptors (Lipinski definition) is 12. The van der Waals surface area contributed by atoms with Crippen LogP contribution in [-0.2, 0) is 57.1 Å². The van der Waals surface area contributed by atoms with Crippen LogP contribution in [0, 0.1) is 0 Å². The molecular weight excluding hydrogens is 528 g/mol. The van der Waals surface area contributed by atoms with Gasteiger partial charge < -0.3 is 37.9 Å². The summed E-state index contributed by atoms with van der Waals surface area (Å²) in [5.74, 6) is -2.73. The van der Waals surface area contributed by atoms with Crippen LogP contribution >= 0.6 is 0 Å². The molecule has 0 bridgehead atoms. The molecular formula is C28H44O12. The van der Waals surface area contributed by atoms with Gasteiger partial charge in [-0.25, -0.2) is 19.2 Å². The third-order valence-electron chi connectivity index (χ3n) is 4.09. The van der Waals surface area contributed by atoms with Crippen molar-refractivity contribution in [3.8, 4) is 0 Å². The van der Waals surface area contributed by atoms with Gasteiger partial charge in [0.25, 0.3) is 0 Å². The lowest BCUT2D eigenvalue weighted by Crippen LogP contribution is -2.32. The van der Waals surface area contributed by atoms with Crippen LogP contribution < -0.4 is 0 Å². The number of esters is 4. The van der Waals surface area contributed by atoms with Crippen molar-refractivity contribution in [1.82, 2.24) is 0 Å². The maximum atomic E-state index is 11.1. The maximum Gasteiger partial charge on any atom is 0.333 e. The Hall–Kier alpha value is -3.32. The SMILES string of the molecule is C=C(C)C(=O)OCCOC(C)(C)OCCOC(=O)C(=C)C.C=CC(=O)OCCOC(C)OCCOC(=O)C(=C)C. The first kappa shape index (κ1) is 38.8. The van der Waals surface area contributed by atoms with Gasteiger partial charge in [-0.2, -0.15) is 0 Å². The minimum Gasteiger partial charge on any atom is -0.460 e. The molecule has 0 saturated carbocycles. The van der Waals surface area contributed by atoms with Crippen molar-refractivity contribution in [1.29, 1.82) is 0 Å². The monoisotopic (exact) mass is 572 g/mol. The molecule has 0 N–H and O–H groups in total. The van der Waals surface area contributed by atoms with E-state index in [0.29, 0.717) is 16.7 Å². The van der Waals surface area contributed by atoms with E-state index in [-0.39, 0.29) is 52.9 Å². The summed E-state index contributed by atoms with van der Waals surface area (Å²) in [6, 6.07) is 0. The highest BCUT2D eigenvalue weighted by molar-refractivity contribution is 5.87. The van der Waals surface area contributed by atoms with E-state index in [9.17, 15) is 19.2 Å². The summed E-state index contributed by atoms with van der Waals surface area (Å²) >= 11 is 0. The Morgan fingerprint density at radius 3 is 1.27 bits per heavy atom. The van der Waals surface area contributed by atoms with Crippen molar-refractivity contribution in [2.24, 2.45) is 0 Å². The van der Waals surface area contributed by atoms with Crippen molar-refractivity contribution < 1.29 is 57.1 Å². The number of carbonyl (C=O) groups is 4. The van der Waals surface area contributed by atoms with Gasteiger partial charge in [-0.3, -0.25) is 0 Å². The smallest absolute Gasteiger partial charge is 0.333 e. The number of ether oxygens (including phenoxy) is 8. The molecule has 0 heterocycles. The molecule has 0 aliphatic rings. The fourth-order valence-electron chi connectivity index (χ4n) is 2.07. The molecule has 0 rings (SSSR count). The van der Waals surface area contributed by atoms with Gasteiger partial charge in [-0.1, -0.05) is 26.3 Å². The lowest BCUT2D eigenvalue weighted by atomic mass is 10.3. The van der Waals surface area contributed by atoms with E-state index >= 15 is 0 Å². The third-order valence-corrected chi connectivity index (χ3v) is 4.09. The van der Waals surface area contributed by atoms with Crippen LogP contribution in [0.2, 0.25) is 0 Å². The number of rotatable bonds is 20. The van der Waals surface area contributed by atoms with E-state index in [2.05, 4.69) is 26.3 Å². The molecule has 0 fully saturated rings. The lowest BCUT2D eigenvalue weighted by Gasteiger charge is -2.25. The van der Waals surface area contributed by atoms with Gasteiger partial charge in [-0.05, 0) is 41.5 Å². The van der Waals surface area contributed by atoms with Gasteiger partial charge in [0.1, 0.15) is 26.4 Å². The predicted molar refractivity (Wildman–Crippen MR) is 146 cm³/mol. The second-order valence-corrected chi connectivity index (χ2v) is 8.53. The van der Waals surface area contributed by atoms with E-state index in [1.807, 2.05) is 0 Å². The second kappa shape index (κ2) is 22.5. The third kappa shape index (κ3) is 23.8. The largest absolute Gasteiger partial charge is 0.460 e. The van der Waals surface area contributed by atoms with Crippen molar-refractivity contribution in [2.45, 2.75) is 53.6 Å². The predicted octanol–water partition coefficient (Wildman–Crippen LogP) is 3.21. The van der Waals surface area contributed by atoms with Crippen molar-refractivity contribution in [2.75, 3.05) is 52.9 Å². The van der Waals surface area contributed by atoms with Crippen LogP contribution in [0.4, 0.5) is 0 Å². The fourth-order valence-corrected chi connectivity index (χ4v) is 2.07. The number of hydrogen-bond donors (Lipinski definition) is 0. The van der Waals surface area contributed by atoms with Crippen LogP contribution in [-0.4, -0.2) is 88.8 Å². The highest BCUT2D eigenvalue weighted by Gasteiger charge is 2.19. The molecule has 40 heavy (non-hydrogen) atoms. The zero-order valence-electron chi connectivity index (χ0n) is 24.5. The van der Waals surface area contributed by atoms with Crippen LogP contribution in [0.3, 0.4) is 0 Å². The van der Waals surface area contributed by atoms with Gasteiger partial charge in [0, 0.05) is 22.8 Å². The van der Waals surface area contributed by atoms with E-state index in [1.54, 1.807) is 41.5 Å². The summed E-state index contributed by atoms with van der Waals surface area (Å²) in [6.07, 6.45) is 0.599. The highest BCUT2D eigenvalue weighted by Crippen LogP contribution is 2.11. The second-order valence-electron chi connectivity index (χ2n) is 8.53. The normalized spacial score (nSPS) is 11.2. The molecule has 0 aliphatic heterocycles. The molecule has 12 nitrogen and oxygen atoms in total. The maximum absolute atomic E-state index is 11.1. The Morgan fingerprint density at radius 2 is 0.950 bits per heavy atom. The molecule has 228 valence electrons. The molecule has 0 saturated heterocycles. The van der Waals surface area contributed by atoms with Crippen molar-refractivity contribution >= 4 is 23.9 Å². The molecule has 0 radical (unpaired) electrons. The van der Waals surface area contributed by atoms with E-state index in [0.717, 1.165) is 6.08 Å². The van der Waals surface area contributed by atoms with Gasteiger partial charge in [-0.15, -0.1) is 0 Å². The summed E-state index contributed by atoms with van der Waals surface area (Å²) in [5, 5.41) is 0. The molecule has 0 amide bonds. The van der Waals surface area contributed by atoms with Crippen molar-refractivity contribution in [3.05, 3.63) is 49.1 Å². The van der Waals surface area contributed by atoms with Crippen LogP contribution in [0.5, 0.6) is 0 Å². The zero-order valence-corrected chi connectivity index (χ0v) is 24.5. The first-order chi connectivity index (χ1) is 18.6. The minimum atomic E-state index is -0.870. The van der Waals surface area contributed by atoms with Gasteiger partial charge in [0.05, 0.1) is 26.4 Å². The Bertz CT molecular complexity index is 823. The molecule has 0 spiro atoms. The average molecular weight is 573 g/mol.